The number of primary amides is 1. The van der Waals surface area contributed by atoms with Crippen molar-refractivity contribution in [3.63, 3.8) is 0 Å². The summed E-state index contributed by atoms with van der Waals surface area (Å²) >= 11 is 0. The van der Waals surface area contributed by atoms with Gasteiger partial charge in [0, 0.05) is 36.5 Å². The first-order valence-electron chi connectivity index (χ1n) is 17.9. The van der Waals surface area contributed by atoms with Gasteiger partial charge in [0.15, 0.2) is 0 Å². The van der Waals surface area contributed by atoms with Crippen molar-refractivity contribution in [2.45, 2.75) is 77.8 Å². The molecular weight excluding hydrogens is 764 g/mol. The van der Waals surface area contributed by atoms with E-state index in [1.54, 1.807) is 46.8 Å². The predicted molar refractivity (Wildman–Crippen MR) is 204 cm³/mol. The number of carbonyl (C=O) groups excluding carboxylic acids is 8. The van der Waals surface area contributed by atoms with Gasteiger partial charge in [0.25, 0.3) is 17.5 Å². The number of nitrogens with two attached hydrogens (primary N) is 1. The molecule has 2 aromatic rings. The Morgan fingerprint density at radius 2 is 1.48 bits per heavy atom. The molecule has 8 amide bonds. The number of hydrogen-bond donors (Lipinski definition) is 6. The summed E-state index contributed by atoms with van der Waals surface area (Å²) in [4.78, 5) is 113. The monoisotopic (exact) mass is 810 g/mol. The number of alkyl carbamates (subject to hydrolysis) is 1. The molecule has 7 N–H and O–H groups in total. The quantitative estimate of drug-likeness (QED) is 0.0315. The van der Waals surface area contributed by atoms with Crippen molar-refractivity contribution in [2.24, 2.45) is 11.7 Å². The van der Waals surface area contributed by atoms with Crippen LogP contribution in [-0.4, -0.2) is 94.5 Å². The van der Waals surface area contributed by atoms with Crippen molar-refractivity contribution in [1.29, 1.82) is 0 Å². The first kappa shape index (κ1) is 45.3. The highest BCUT2D eigenvalue weighted by atomic mass is 16.7. The van der Waals surface area contributed by atoms with Gasteiger partial charge in [-0.05, 0) is 69.4 Å². The van der Waals surface area contributed by atoms with Gasteiger partial charge >= 0.3 is 18.3 Å². The molecule has 0 aromatic heterocycles. The summed E-state index contributed by atoms with van der Waals surface area (Å²) in [7, 11) is 0. The number of amides is 8. The predicted octanol–water partition coefficient (Wildman–Crippen LogP) is 2.14. The van der Waals surface area contributed by atoms with Crippen LogP contribution in [0.3, 0.4) is 0 Å². The Labute approximate surface area is 332 Å². The standard InChI is InChI=1S/C37H46N8O13/c1-21(2)30(43-32(49)27(44-28(46)16-17-29(44)47)19-40-35(52)58-37(3,4)5)33(50)42-26(7-6-18-39-34(38)51)31(48)41-23-10-8-22(9-11-23)20-56-36(53)57-25-14-12-24(13-15-25)45(54)55/h8-17,21,26-27,30H,6-7,18-20H2,1-5H3,(H,40,52)(H,41,48)(H,42,50)(H,43,49)(H3,38,39,51)/t26-,27?,30-/m0/s1. The van der Waals surface area contributed by atoms with Gasteiger partial charge in [0.1, 0.15) is 36.1 Å². The molecule has 2 aromatic carbocycles. The molecular formula is C37H46N8O13. The number of carbonyl (C=O) groups is 8. The van der Waals surface area contributed by atoms with Crippen LogP contribution < -0.4 is 37.1 Å². The van der Waals surface area contributed by atoms with E-state index >= 15 is 0 Å². The molecule has 1 heterocycles. The molecule has 1 unspecified atom stereocenters. The normalized spacial score (nSPS) is 13.8. The Morgan fingerprint density at radius 3 is 2.03 bits per heavy atom. The summed E-state index contributed by atoms with van der Waals surface area (Å²) in [5.74, 6) is -4.60. The number of ether oxygens (including phenoxy) is 3. The molecule has 0 saturated carbocycles. The third-order valence-electron chi connectivity index (χ3n) is 7.97. The van der Waals surface area contributed by atoms with E-state index < -0.39 is 88.9 Å². The minimum atomic E-state index is -1.58. The molecule has 0 bridgehead atoms. The maximum absolute atomic E-state index is 13.7. The fourth-order valence-corrected chi connectivity index (χ4v) is 5.16. The molecule has 21 heteroatoms. The lowest BCUT2D eigenvalue weighted by atomic mass is 10.0. The average molecular weight is 811 g/mol. The van der Waals surface area contributed by atoms with E-state index in [2.05, 4.69) is 26.6 Å². The first-order chi connectivity index (χ1) is 27.2. The van der Waals surface area contributed by atoms with Crippen LogP contribution in [0, 0.1) is 16.0 Å². The number of nitrogens with zero attached hydrogens (tertiary/aromatic N) is 2. The second-order valence-electron chi connectivity index (χ2n) is 14.1. The summed E-state index contributed by atoms with van der Waals surface area (Å²) in [6.45, 7) is 7.38. The number of nitro benzene ring substituents is 1. The Morgan fingerprint density at radius 1 is 0.862 bits per heavy atom. The number of imide groups is 1. The van der Waals surface area contributed by atoms with Crippen LogP contribution in [0.25, 0.3) is 0 Å². The Kier molecular flexibility index (Phi) is 16.2. The summed E-state index contributed by atoms with van der Waals surface area (Å²) in [5.41, 5.74) is 4.87. The summed E-state index contributed by atoms with van der Waals surface area (Å²) in [5, 5.41) is 23.4. The molecule has 3 atom stereocenters. The molecule has 0 radical (unpaired) electrons. The van der Waals surface area contributed by atoms with E-state index in [0.717, 1.165) is 24.3 Å². The van der Waals surface area contributed by atoms with Crippen LogP contribution in [0.5, 0.6) is 5.75 Å². The van der Waals surface area contributed by atoms with Crippen LogP contribution in [0.1, 0.15) is 53.0 Å². The van der Waals surface area contributed by atoms with Crippen molar-refractivity contribution >= 4 is 59.2 Å². The highest BCUT2D eigenvalue weighted by Gasteiger charge is 2.39. The fraction of sp³-hybridized carbons (Fsp3) is 0.405. The number of urea groups is 1. The number of anilines is 1. The van der Waals surface area contributed by atoms with Gasteiger partial charge in [-0.2, -0.15) is 0 Å². The van der Waals surface area contributed by atoms with Crippen LogP contribution in [0.15, 0.2) is 60.7 Å². The molecule has 0 spiro atoms. The Balaban J connectivity index is 1.69. The number of nitro groups is 1. The molecule has 3 rings (SSSR count). The molecule has 21 nitrogen and oxygen atoms in total. The van der Waals surface area contributed by atoms with Crippen molar-refractivity contribution in [2.75, 3.05) is 18.4 Å². The number of rotatable bonds is 18. The van der Waals surface area contributed by atoms with E-state index in [0.29, 0.717) is 16.2 Å². The van der Waals surface area contributed by atoms with Gasteiger partial charge in [0.2, 0.25) is 17.7 Å². The Bertz CT molecular complexity index is 1870. The van der Waals surface area contributed by atoms with Crippen molar-refractivity contribution in [3.05, 3.63) is 76.4 Å². The molecule has 0 aliphatic carbocycles. The second kappa shape index (κ2) is 20.7. The molecule has 0 saturated heterocycles. The highest BCUT2D eigenvalue weighted by Crippen LogP contribution is 2.19. The second-order valence-corrected chi connectivity index (χ2v) is 14.1. The first-order valence-corrected chi connectivity index (χ1v) is 17.9. The van der Waals surface area contributed by atoms with Gasteiger partial charge in [0.05, 0.1) is 11.5 Å². The number of hydrogen-bond acceptors (Lipinski definition) is 13. The maximum Gasteiger partial charge on any atom is 0.514 e. The third-order valence-corrected chi connectivity index (χ3v) is 7.97. The van der Waals surface area contributed by atoms with E-state index in [1.165, 1.54) is 24.3 Å². The summed E-state index contributed by atoms with van der Waals surface area (Å²) in [6.07, 6.45) is 0.141. The van der Waals surface area contributed by atoms with Gasteiger partial charge in [-0.1, -0.05) is 26.0 Å². The smallest absolute Gasteiger partial charge is 0.444 e. The lowest BCUT2D eigenvalue weighted by Gasteiger charge is -2.30. The van der Waals surface area contributed by atoms with E-state index in [1.807, 2.05) is 0 Å². The van der Waals surface area contributed by atoms with Crippen molar-refractivity contribution < 1.29 is 57.5 Å². The van der Waals surface area contributed by atoms with Gasteiger partial charge in [-0.3, -0.25) is 39.0 Å². The topological polar surface area (TPSA) is 297 Å². The maximum atomic E-state index is 13.7. The van der Waals surface area contributed by atoms with Crippen LogP contribution in [-0.2, 0) is 40.1 Å². The van der Waals surface area contributed by atoms with Crippen LogP contribution in [0.2, 0.25) is 0 Å². The minimum Gasteiger partial charge on any atom is -0.444 e. The fourth-order valence-electron chi connectivity index (χ4n) is 5.16. The molecule has 58 heavy (non-hydrogen) atoms. The molecule has 1 aliphatic heterocycles. The zero-order valence-corrected chi connectivity index (χ0v) is 32.4. The zero-order valence-electron chi connectivity index (χ0n) is 32.4. The summed E-state index contributed by atoms with van der Waals surface area (Å²) in [6, 6.07) is 6.02. The van der Waals surface area contributed by atoms with Gasteiger partial charge < -0.3 is 46.5 Å². The minimum absolute atomic E-state index is 0.00426. The molecule has 1 aliphatic rings. The lowest BCUT2D eigenvalue weighted by Crippen LogP contribution is -2.60. The van der Waals surface area contributed by atoms with Gasteiger partial charge in [-0.25, -0.2) is 14.4 Å². The van der Waals surface area contributed by atoms with Crippen LogP contribution in [0.4, 0.5) is 25.8 Å². The average Bonchev–Trinajstić information content (AvgIpc) is 3.47. The zero-order chi connectivity index (χ0) is 43.2. The SMILES string of the molecule is CC(C)[C@H](NC(=O)C(CNC(=O)OC(C)(C)C)N1C(=O)C=CC1=O)C(=O)N[C@@H](CCCNC(N)=O)C(=O)Nc1ccc(COC(=O)Oc2ccc([N+](=O)[O-])cc2)cc1. The summed E-state index contributed by atoms with van der Waals surface area (Å²) < 4.78 is 15.3. The van der Waals surface area contributed by atoms with E-state index in [-0.39, 0.29) is 37.4 Å². The largest absolute Gasteiger partial charge is 0.514 e. The number of nitrogens with one attached hydrogen (secondary N) is 5. The molecule has 312 valence electrons. The van der Waals surface area contributed by atoms with Gasteiger partial charge in [-0.15, -0.1) is 0 Å². The molecule has 0 fully saturated rings. The number of benzene rings is 2. The van der Waals surface area contributed by atoms with Crippen LogP contribution >= 0.6 is 0 Å². The van der Waals surface area contributed by atoms with Crippen molar-refractivity contribution in [1.82, 2.24) is 26.2 Å². The highest BCUT2D eigenvalue weighted by molar-refractivity contribution is 6.15. The number of non-ortho nitro benzene ring substituents is 1. The van der Waals surface area contributed by atoms with E-state index in [9.17, 15) is 48.5 Å². The third kappa shape index (κ3) is 14.5. The Hall–Kier alpha value is -7.06. The van der Waals surface area contributed by atoms with Crippen molar-refractivity contribution in [3.8, 4) is 5.75 Å². The lowest BCUT2D eigenvalue weighted by molar-refractivity contribution is -0.384. The van der Waals surface area contributed by atoms with E-state index in [4.69, 9.17) is 19.9 Å².